The summed E-state index contributed by atoms with van der Waals surface area (Å²) in [5.41, 5.74) is 5.79. The molecule has 2 N–H and O–H groups in total. The maximum atomic E-state index is 5.97. The van der Waals surface area contributed by atoms with Crippen LogP contribution in [0.4, 0.5) is 5.69 Å². The molecule has 6 heteroatoms. The number of benzene rings is 2. The Morgan fingerprint density at radius 1 is 1.10 bits per heavy atom. The molecule has 0 radical (unpaired) electrons. The molecule has 0 aliphatic carbocycles. The van der Waals surface area contributed by atoms with Crippen molar-refractivity contribution >= 4 is 17.6 Å². The van der Waals surface area contributed by atoms with Gasteiger partial charge in [-0.25, -0.2) is 0 Å². The molecule has 0 amide bonds. The first-order chi connectivity index (χ1) is 14.5. The third-order valence-electron chi connectivity index (χ3n) is 5.01. The van der Waals surface area contributed by atoms with Crippen LogP contribution in [-0.4, -0.2) is 22.1 Å². The van der Waals surface area contributed by atoms with Crippen molar-refractivity contribution in [2.75, 3.05) is 0 Å². The van der Waals surface area contributed by atoms with Crippen molar-refractivity contribution in [3.05, 3.63) is 53.6 Å². The number of nitrogens with zero attached hydrogens (tertiary/aromatic N) is 4. The summed E-state index contributed by atoms with van der Waals surface area (Å²) in [6.45, 7) is 8.53. The number of unbranched alkanes of at least 4 members (excludes halogenated alkanes) is 1. The number of aliphatic imine (C=N–C) groups is 1. The van der Waals surface area contributed by atoms with Gasteiger partial charge < -0.3 is 10.3 Å². The molecule has 1 aromatic heterocycles. The van der Waals surface area contributed by atoms with Gasteiger partial charge in [0.05, 0.1) is 17.6 Å². The predicted octanol–water partition coefficient (Wildman–Crippen LogP) is 6.04. The molecule has 0 saturated heterocycles. The van der Waals surface area contributed by atoms with Gasteiger partial charge in [0.25, 0.3) is 0 Å². The van der Waals surface area contributed by atoms with Crippen molar-refractivity contribution in [3.8, 4) is 22.9 Å². The van der Waals surface area contributed by atoms with E-state index in [1.54, 1.807) is 6.21 Å². The fraction of sp³-hybridized carbons (Fsp3) is 0.333. The Morgan fingerprint density at radius 3 is 2.50 bits per heavy atom. The lowest BCUT2D eigenvalue weighted by Gasteiger charge is -2.08. The van der Waals surface area contributed by atoms with Crippen LogP contribution in [0.2, 0.25) is 0 Å². The molecular weight excluding hydrogens is 374 g/mol. The van der Waals surface area contributed by atoms with E-state index in [0.29, 0.717) is 17.7 Å². The highest BCUT2D eigenvalue weighted by Crippen LogP contribution is 2.29. The van der Waals surface area contributed by atoms with E-state index in [4.69, 9.17) is 10.3 Å². The van der Waals surface area contributed by atoms with Crippen LogP contribution in [0.1, 0.15) is 57.1 Å². The van der Waals surface area contributed by atoms with Crippen molar-refractivity contribution in [1.82, 2.24) is 10.2 Å². The monoisotopic (exact) mass is 403 g/mol. The van der Waals surface area contributed by atoms with Crippen LogP contribution in [0.15, 0.2) is 57.0 Å². The smallest absolute Gasteiger partial charge is 0.248 e. The zero-order chi connectivity index (χ0) is 21.5. The molecule has 0 unspecified atom stereocenters. The first kappa shape index (κ1) is 21.4. The van der Waals surface area contributed by atoms with E-state index in [0.717, 1.165) is 47.4 Å². The molecule has 0 fully saturated rings. The second-order valence-corrected chi connectivity index (χ2v) is 7.67. The molecule has 0 bridgehead atoms. The van der Waals surface area contributed by atoms with Crippen LogP contribution in [0.25, 0.3) is 22.9 Å². The van der Waals surface area contributed by atoms with Gasteiger partial charge in [0.15, 0.2) is 0 Å². The van der Waals surface area contributed by atoms with Crippen LogP contribution in [-0.2, 0) is 0 Å². The van der Waals surface area contributed by atoms with Gasteiger partial charge in [0, 0.05) is 11.1 Å². The lowest BCUT2D eigenvalue weighted by atomic mass is 9.98. The van der Waals surface area contributed by atoms with Gasteiger partial charge in [-0.05, 0) is 67.1 Å². The third kappa shape index (κ3) is 5.20. The lowest BCUT2D eigenvalue weighted by Crippen LogP contribution is -2.03. The Labute approximate surface area is 177 Å². The molecule has 0 atom stereocenters. The second-order valence-electron chi connectivity index (χ2n) is 7.67. The summed E-state index contributed by atoms with van der Waals surface area (Å²) in [6.07, 6.45) is 4.69. The summed E-state index contributed by atoms with van der Waals surface area (Å²) < 4.78 is 5.97. The first-order valence-electron chi connectivity index (χ1n) is 10.4. The van der Waals surface area contributed by atoms with Gasteiger partial charge in [-0.3, -0.25) is 4.99 Å². The summed E-state index contributed by atoms with van der Waals surface area (Å²) in [5.74, 6) is 6.89. The predicted molar refractivity (Wildman–Crippen MR) is 123 cm³/mol. The van der Waals surface area contributed by atoms with Crippen LogP contribution in [0.3, 0.4) is 0 Å². The summed E-state index contributed by atoms with van der Waals surface area (Å²) in [6, 6.07) is 14.0. The van der Waals surface area contributed by atoms with E-state index in [1.165, 1.54) is 5.56 Å². The van der Waals surface area contributed by atoms with Crippen molar-refractivity contribution in [1.29, 1.82) is 0 Å². The van der Waals surface area contributed by atoms with E-state index in [2.05, 4.69) is 66.2 Å². The average Bonchev–Trinajstić information content (AvgIpc) is 3.24. The minimum atomic E-state index is 0.437. The molecule has 2 aromatic carbocycles. The number of hydrazone groups is 1. The van der Waals surface area contributed by atoms with E-state index >= 15 is 0 Å². The molecular formula is C24H29N5O. The van der Waals surface area contributed by atoms with E-state index in [1.807, 2.05) is 24.3 Å². The van der Waals surface area contributed by atoms with E-state index in [-0.39, 0.29) is 0 Å². The highest BCUT2D eigenvalue weighted by atomic mass is 16.4. The molecule has 0 saturated carbocycles. The standard InChI is InChI=1S/C24H29N5O/c1-5-6-7-21(27-25)15-26-20-12-10-18(11-13-20)23-28-29-24(30-23)22-14-19(16(2)3)9-8-17(22)4/h8-16H,5-7,25H2,1-4H3/b26-15?,27-21-. The zero-order valence-corrected chi connectivity index (χ0v) is 18.1. The molecule has 0 aliphatic heterocycles. The highest BCUT2D eigenvalue weighted by molar-refractivity contribution is 6.30. The fourth-order valence-electron chi connectivity index (χ4n) is 3.04. The largest absolute Gasteiger partial charge is 0.416 e. The van der Waals surface area contributed by atoms with Crippen molar-refractivity contribution in [2.45, 2.75) is 52.9 Å². The highest BCUT2D eigenvalue weighted by Gasteiger charge is 2.14. The van der Waals surface area contributed by atoms with Crippen LogP contribution < -0.4 is 5.84 Å². The minimum Gasteiger partial charge on any atom is -0.416 e. The first-order valence-corrected chi connectivity index (χ1v) is 10.4. The number of aryl methyl sites for hydroxylation is 1. The Kier molecular flexibility index (Phi) is 7.12. The average molecular weight is 404 g/mol. The zero-order valence-electron chi connectivity index (χ0n) is 18.1. The fourth-order valence-corrected chi connectivity index (χ4v) is 3.04. The van der Waals surface area contributed by atoms with Gasteiger partial charge in [-0.15, -0.1) is 10.2 Å². The SMILES string of the molecule is CCCC/C(C=Nc1ccc(-c2nnc(-c3cc(C(C)C)ccc3C)o2)cc1)=N/N. The van der Waals surface area contributed by atoms with Crippen LogP contribution in [0, 0.1) is 6.92 Å². The minimum absolute atomic E-state index is 0.437. The summed E-state index contributed by atoms with van der Waals surface area (Å²) in [4.78, 5) is 4.45. The molecule has 30 heavy (non-hydrogen) atoms. The van der Waals surface area contributed by atoms with Crippen molar-refractivity contribution in [3.63, 3.8) is 0 Å². The van der Waals surface area contributed by atoms with Crippen LogP contribution >= 0.6 is 0 Å². The van der Waals surface area contributed by atoms with Gasteiger partial charge in [-0.2, -0.15) is 5.10 Å². The number of rotatable bonds is 8. The summed E-state index contributed by atoms with van der Waals surface area (Å²) >= 11 is 0. The molecule has 1 heterocycles. The number of nitrogens with two attached hydrogens (primary N) is 1. The Bertz CT molecular complexity index is 1030. The van der Waals surface area contributed by atoms with Crippen molar-refractivity contribution < 1.29 is 4.42 Å². The summed E-state index contributed by atoms with van der Waals surface area (Å²) in [7, 11) is 0. The Hall–Kier alpha value is -3.28. The maximum Gasteiger partial charge on any atom is 0.248 e. The van der Waals surface area contributed by atoms with Crippen molar-refractivity contribution in [2.24, 2.45) is 15.9 Å². The molecule has 3 aromatic rings. The van der Waals surface area contributed by atoms with E-state index in [9.17, 15) is 0 Å². The number of hydrogen-bond acceptors (Lipinski definition) is 6. The van der Waals surface area contributed by atoms with Gasteiger partial charge in [0.2, 0.25) is 11.8 Å². The normalized spacial score (nSPS) is 12.2. The quantitative estimate of drug-likeness (QED) is 0.282. The number of hydrogen-bond donors (Lipinski definition) is 1. The van der Waals surface area contributed by atoms with Gasteiger partial charge in [-0.1, -0.05) is 39.3 Å². The molecule has 6 nitrogen and oxygen atoms in total. The second kappa shape index (κ2) is 9.96. The van der Waals surface area contributed by atoms with Gasteiger partial charge in [0.1, 0.15) is 0 Å². The third-order valence-corrected chi connectivity index (χ3v) is 5.01. The molecule has 3 rings (SSSR count). The lowest BCUT2D eigenvalue weighted by molar-refractivity contribution is 0.584. The Morgan fingerprint density at radius 2 is 1.83 bits per heavy atom. The maximum absolute atomic E-state index is 5.97. The number of aromatic nitrogens is 2. The molecule has 156 valence electrons. The molecule has 0 aliphatic rings. The Balaban J connectivity index is 1.77. The topological polar surface area (TPSA) is 89.7 Å². The van der Waals surface area contributed by atoms with Crippen LogP contribution in [0.5, 0.6) is 0 Å². The molecule has 0 spiro atoms. The van der Waals surface area contributed by atoms with Gasteiger partial charge >= 0.3 is 0 Å². The van der Waals surface area contributed by atoms with E-state index < -0.39 is 0 Å². The summed E-state index contributed by atoms with van der Waals surface area (Å²) in [5, 5.41) is 12.3.